The molecule has 1 aromatic rings. The number of nitrogens with zero attached hydrogens (tertiary/aromatic N) is 2. The number of aromatic nitrogens is 3. The Morgan fingerprint density at radius 1 is 1.36 bits per heavy atom. The standard InChI is InChI=1S/C10H20N4/c1-5-7(4)8(11)10-12-9(6(2)3)13-14-10/h6-8H,5,11H2,1-4H3,(H,12,13,14)/t7?,8-/m0/s1. The first-order chi connectivity index (χ1) is 6.56. The van der Waals surface area contributed by atoms with Crippen LogP contribution in [-0.4, -0.2) is 15.2 Å². The molecule has 0 aliphatic carbocycles. The van der Waals surface area contributed by atoms with E-state index in [-0.39, 0.29) is 6.04 Å². The highest BCUT2D eigenvalue weighted by molar-refractivity contribution is 4.99. The van der Waals surface area contributed by atoms with Crippen LogP contribution in [0.3, 0.4) is 0 Å². The van der Waals surface area contributed by atoms with Crippen LogP contribution in [-0.2, 0) is 0 Å². The second-order valence-corrected chi connectivity index (χ2v) is 4.14. The van der Waals surface area contributed by atoms with E-state index in [0.717, 1.165) is 18.1 Å². The Hall–Kier alpha value is -0.900. The second kappa shape index (κ2) is 4.55. The van der Waals surface area contributed by atoms with Gasteiger partial charge >= 0.3 is 0 Å². The number of nitrogens with one attached hydrogen (secondary N) is 1. The Bertz CT molecular complexity index is 279. The van der Waals surface area contributed by atoms with Gasteiger partial charge in [-0.15, -0.1) is 0 Å². The molecule has 2 atom stereocenters. The first kappa shape index (κ1) is 11.2. The number of H-pyrrole nitrogens is 1. The zero-order valence-electron chi connectivity index (χ0n) is 9.41. The van der Waals surface area contributed by atoms with Gasteiger partial charge in [-0.1, -0.05) is 34.1 Å². The van der Waals surface area contributed by atoms with E-state index >= 15 is 0 Å². The molecule has 4 nitrogen and oxygen atoms in total. The van der Waals surface area contributed by atoms with Crippen LogP contribution in [0.2, 0.25) is 0 Å². The minimum Gasteiger partial charge on any atom is -0.321 e. The second-order valence-electron chi connectivity index (χ2n) is 4.14. The zero-order valence-corrected chi connectivity index (χ0v) is 9.41. The van der Waals surface area contributed by atoms with Crippen molar-refractivity contribution in [3.8, 4) is 0 Å². The molecular weight excluding hydrogens is 176 g/mol. The minimum atomic E-state index is -0.0278. The molecule has 0 radical (unpaired) electrons. The molecule has 0 saturated carbocycles. The quantitative estimate of drug-likeness (QED) is 0.773. The van der Waals surface area contributed by atoms with E-state index in [2.05, 4.69) is 42.9 Å². The van der Waals surface area contributed by atoms with E-state index < -0.39 is 0 Å². The van der Waals surface area contributed by atoms with Crippen LogP contribution in [0, 0.1) is 5.92 Å². The predicted octanol–water partition coefficient (Wildman–Crippen LogP) is 1.97. The molecule has 4 heteroatoms. The van der Waals surface area contributed by atoms with Gasteiger partial charge in [-0.2, -0.15) is 5.10 Å². The molecule has 80 valence electrons. The van der Waals surface area contributed by atoms with Gasteiger partial charge in [0, 0.05) is 5.92 Å². The Kier molecular flexibility index (Phi) is 3.63. The Labute approximate surface area is 85.3 Å². The van der Waals surface area contributed by atoms with Gasteiger partial charge in [0.05, 0.1) is 6.04 Å². The highest BCUT2D eigenvalue weighted by atomic mass is 15.2. The molecule has 0 amide bonds. The molecule has 1 heterocycles. The summed E-state index contributed by atoms with van der Waals surface area (Å²) < 4.78 is 0. The van der Waals surface area contributed by atoms with Gasteiger partial charge in [0.1, 0.15) is 5.82 Å². The maximum atomic E-state index is 6.03. The summed E-state index contributed by atoms with van der Waals surface area (Å²) in [6.07, 6.45) is 1.05. The van der Waals surface area contributed by atoms with Crippen LogP contribution < -0.4 is 5.73 Å². The van der Waals surface area contributed by atoms with Gasteiger partial charge in [-0.3, -0.25) is 5.10 Å². The number of aromatic amines is 1. The molecule has 0 bridgehead atoms. The Morgan fingerprint density at radius 2 is 2.00 bits per heavy atom. The van der Waals surface area contributed by atoms with Crippen molar-refractivity contribution < 1.29 is 0 Å². The lowest BCUT2D eigenvalue weighted by Gasteiger charge is -2.14. The Balaban J connectivity index is 2.76. The van der Waals surface area contributed by atoms with E-state index in [1.54, 1.807) is 0 Å². The van der Waals surface area contributed by atoms with E-state index in [0.29, 0.717) is 11.8 Å². The maximum absolute atomic E-state index is 6.03. The van der Waals surface area contributed by atoms with Crippen molar-refractivity contribution >= 4 is 0 Å². The van der Waals surface area contributed by atoms with Crippen molar-refractivity contribution in [2.75, 3.05) is 0 Å². The molecule has 0 aliphatic heterocycles. The summed E-state index contributed by atoms with van der Waals surface area (Å²) in [7, 11) is 0. The van der Waals surface area contributed by atoms with Crippen molar-refractivity contribution in [3.05, 3.63) is 11.6 Å². The SMILES string of the molecule is CCC(C)[C@H](N)c1nc(C(C)C)n[nH]1. The van der Waals surface area contributed by atoms with Crippen LogP contribution in [0.15, 0.2) is 0 Å². The molecule has 0 aromatic carbocycles. The fourth-order valence-electron chi connectivity index (χ4n) is 1.22. The van der Waals surface area contributed by atoms with Crippen LogP contribution in [0.5, 0.6) is 0 Å². The van der Waals surface area contributed by atoms with Crippen molar-refractivity contribution in [2.24, 2.45) is 11.7 Å². The van der Waals surface area contributed by atoms with Gasteiger partial charge in [-0.05, 0) is 5.92 Å². The van der Waals surface area contributed by atoms with Crippen LogP contribution >= 0.6 is 0 Å². The molecule has 0 aliphatic rings. The first-order valence-corrected chi connectivity index (χ1v) is 5.24. The summed E-state index contributed by atoms with van der Waals surface area (Å²) in [4.78, 5) is 4.39. The summed E-state index contributed by atoms with van der Waals surface area (Å²) >= 11 is 0. The summed E-state index contributed by atoms with van der Waals surface area (Å²) in [5.41, 5.74) is 6.03. The lowest BCUT2D eigenvalue weighted by Crippen LogP contribution is -2.20. The van der Waals surface area contributed by atoms with Gasteiger partial charge in [0.15, 0.2) is 5.82 Å². The fraction of sp³-hybridized carbons (Fsp3) is 0.800. The van der Waals surface area contributed by atoms with E-state index in [4.69, 9.17) is 5.73 Å². The fourth-order valence-corrected chi connectivity index (χ4v) is 1.22. The molecule has 0 spiro atoms. The van der Waals surface area contributed by atoms with E-state index in [1.165, 1.54) is 0 Å². The highest BCUT2D eigenvalue weighted by Crippen LogP contribution is 2.19. The van der Waals surface area contributed by atoms with Crippen LogP contribution in [0.4, 0.5) is 0 Å². The van der Waals surface area contributed by atoms with E-state index in [1.807, 2.05) is 0 Å². The molecule has 3 N–H and O–H groups in total. The molecule has 1 aromatic heterocycles. The lowest BCUT2D eigenvalue weighted by molar-refractivity contribution is 0.439. The van der Waals surface area contributed by atoms with Crippen LogP contribution in [0.1, 0.15) is 57.7 Å². The minimum absolute atomic E-state index is 0.0278. The smallest absolute Gasteiger partial charge is 0.153 e. The molecule has 1 unspecified atom stereocenters. The van der Waals surface area contributed by atoms with Gasteiger partial charge < -0.3 is 5.73 Å². The molecule has 1 rings (SSSR count). The number of nitrogens with two attached hydrogens (primary N) is 1. The Morgan fingerprint density at radius 3 is 2.43 bits per heavy atom. The lowest BCUT2D eigenvalue weighted by atomic mass is 10.00. The van der Waals surface area contributed by atoms with Crippen molar-refractivity contribution in [2.45, 2.75) is 46.1 Å². The third kappa shape index (κ3) is 2.32. The summed E-state index contributed by atoms with van der Waals surface area (Å²) in [6, 6.07) is -0.0278. The van der Waals surface area contributed by atoms with E-state index in [9.17, 15) is 0 Å². The number of hydrogen-bond acceptors (Lipinski definition) is 3. The van der Waals surface area contributed by atoms with Crippen molar-refractivity contribution in [1.82, 2.24) is 15.2 Å². The highest BCUT2D eigenvalue weighted by Gasteiger charge is 2.17. The van der Waals surface area contributed by atoms with Crippen molar-refractivity contribution in [1.29, 1.82) is 0 Å². The van der Waals surface area contributed by atoms with Crippen molar-refractivity contribution in [3.63, 3.8) is 0 Å². The zero-order chi connectivity index (χ0) is 10.7. The number of hydrogen-bond donors (Lipinski definition) is 2. The largest absolute Gasteiger partial charge is 0.321 e. The average Bonchev–Trinajstić information content (AvgIpc) is 2.64. The molecule has 0 fully saturated rings. The summed E-state index contributed by atoms with van der Waals surface area (Å²) in [6.45, 7) is 8.40. The normalized spacial score (nSPS) is 15.9. The third-order valence-corrected chi connectivity index (χ3v) is 2.61. The molecular formula is C10H20N4. The third-order valence-electron chi connectivity index (χ3n) is 2.61. The van der Waals surface area contributed by atoms with Crippen LogP contribution in [0.25, 0.3) is 0 Å². The summed E-state index contributed by atoms with van der Waals surface area (Å²) in [5.74, 6) is 2.44. The average molecular weight is 196 g/mol. The maximum Gasteiger partial charge on any atom is 0.153 e. The van der Waals surface area contributed by atoms with Gasteiger partial charge in [0.25, 0.3) is 0 Å². The molecule has 14 heavy (non-hydrogen) atoms. The molecule has 0 saturated heterocycles. The van der Waals surface area contributed by atoms with Gasteiger partial charge in [-0.25, -0.2) is 4.98 Å². The first-order valence-electron chi connectivity index (χ1n) is 5.24. The summed E-state index contributed by atoms with van der Waals surface area (Å²) in [5, 5.41) is 7.05. The topological polar surface area (TPSA) is 67.6 Å². The monoisotopic (exact) mass is 196 g/mol. The van der Waals surface area contributed by atoms with Gasteiger partial charge in [0.2, 0.25) is 0 Å². The predicted molar refractivity (Wildman–Crippen MR) is 56.9 cm³/mol. The number of rotatable bonds is 4.